The van der Waals surface area contributed by atoms with Gasteiger partial charge in [0.25, 0.3) is 0 Å². The van der Waals surface area contributed by atoms with Crippen molar-refractivity contribution in [3.63, 3.8) is 0 Å². The van der Waals surface area contributed by atoms with E-state index in [0.717, 1.165) is 20.5 Å². The fraction of sp³-hybridized carbons (Fsp3) is 0.211. The molecular formula is C19H20IN3O2. The second-order valence-electron chi connectivity index (χ2n) is 5.65. The Morgan fingerprint density at radius 2 is 1.56 bits per heavy atom. The SMILES string of the molecule is CC(=NNC(=O)CCC(=O)Nc1ccc(I)cc1)c1ccc(C)cc1. The maximum Gasteiger partial charge on any atom is 0.240 e. The predicted molar refractivity (Wildman–Crippen MR) is 109 cm³/mol. The van der Waals surface area contributed by atoms with Crippen LogP contribution in [-0.4, -0.2) is 17.5 Å². The number of benzene rings is 2. The van der Waals surface area contributed by atoms with Gasteiger partial charge in [-0.05, 0) is 66.3 Å². The summed E-state index contributed by atoms with van der Waals surface area (Å²) in [5.41, 5.74) is 6.04. The number of rotatable bonds is 6. The van der Waals surface area contributed by atoms with Gasteiger partial charge in [-0.1, -0.05) is 29.8 Å². The maximum absolute atomic E-state index is 11.9. The average molecular weight is 449 g/mol. The Labute approximate surface area is 161 Å². The van der Waals surface area contributed by atoms with Crippen molar-refractivity contribution in [2.75, 3.05) is 5.32 Å². The van der Waals surface area contributed by atoms with Crippen LogP contribution >= 0.6 is 22.6 Å². The number of amides is 2. The third kappa shape index (κ3) is 6.66. The van der Waals surface area contributed by atoms with Crippen LogP contribution in [0.1, 0.15) is 30.9 Å². The molecule has 130 valence electrons. The Morgan fingerprint density at radius 3 is 2.20 bits per heavy atom. The molecule has 2 rings (SSSR count). The van der Waals surface area contributed by atoms with Gasteiger partial charge in [0.05, 0.1) is 5.71 Å². The molecule has 2 aromatic rings. The molecule has 0 aliphatic rings. The van der Waals surface area contributed by atoms with Crippen LogP contribution in [0.5, 0.6) is 0 Å². The van der Waals surface area contributed by atoms with Crippen molar-refractivity contribution in [2.24, 2.45) is 5.10 Å². The van der Waals surface area contributed by atoms with E-state index in [1.54, 1.807) is 0 Å². The average Bonchev–Trinajstić information content (AvgIpc) is 2.60. The van der Waals surface area contributed by atoms with Gasteiger partial charge in [0, 0.05) is 22.1 Å². The molecule has 2 aromatic carbocycles. The number of halogens is 1. The van der Waals surface area contributed by atoms with Gasteiger partial charge in [0.2, 0.25) is 11.8 Å². The summed E-state index contributed by atoms with van der Waals surface area (Å²) in [5.74, 6) is -0.486. The molecule has 0 fully saturated rings. The standard InChI is InChI=1S/C19H20IN3O2/c1-13-3-5-15(6-4-13)14(2)22-23-19(25)12-11-18(24)21-17-9-7-16(20)8-10-17/h3-10H,11-12H2,1-2H3,(H,21,24)(H,23,25). The van der Waals surface area contributed by atoms with Crippen LogP contribution in [0, 0.1) is 10.5 Å². The van der Waals surface area contributed by atoms with E-state index in [1.165, 1.54) is 5.56 Å². The minimum Gasteiger partial charge on any atom is -0.326 e. The van der Waals surface area contributed by atoms with Gasteiger partial charge >= 0.3 is 0 Å². The first-order valence-electron chi connectivity index (χ1n) is 7.89. The minimum absolute atomic E-state index is 0.0842. The summed E-state index contributed by atoms with van der Waals surface area (Å²) in [5, 5.41) is 6.84. The van der Waals surface area contributed by atoms with Gasteiger partial charge in [0.1, 0.15) is 0 Å². The summed E-state index contributed by atoms with van der Waals surface area (Å²) in [6, 6.07) is 15.4. The summed E-state index contributed by atoms with van der Waals surface area (Å²) < 4.78 is 1.09. The Morgan fingerprint density at radius 1 is 0.960 bits per heavy atom. The molecule has 0 spiro atoms. The van der Waals surface area contributed by atoms with Gasteiger partial charge in [-0.3, -0.25) is 9.59 Å². The van der Waals surface area contributed by atoms with Crippen molar-refractivity contribution >= 4 is 45.8 Å². The van der Waals surface area contributed by atoms with Gasteiger partial charge in [-0.15, -0.1) is 0 Å². The fourth-order valence-corrected chi connectivity index (χ4v) is 2.40. The lowest BCUT2D eigenvalue weighted by atomic mass is 10.1. The molecule has 25 heavy (non-hydrogen) atoms. The molecular weight excluding hydrogens is 429 g/mol. The van der Waals surface area contributed by atoms with E-state index in [1.807, 2.05) is 62.4 Å². The molecule has 0 unspecified atom stereocenters. The predicted octanol–water partition coefficient (Wildman–Crippen LogP) is 3.86. The summed E-state index contributed by atoms with van der Waals surface area (Å²) in [7, 11) is 0. The van der Waals surface area contributed by atoms with E-state index in [-0.39, 0.29) is 24.7 Å². The van der Waals surface area contributed by atoms with Crippen LogP contribution in [0.25, 0.3) is 0 Å². The molecule has 0 radical (unpaired) electrons. The summed E-state index contributed by atoms with van der Waals surface area (Å²) in [6.45, 7) is 3.84. The van der Waals surface area contributed by atoms with Crippen LogP contribution < -0.4 is 10.7 Å². The second-order valence-corrected chi connectivity index (χ2v) is 6.90. The molecule has 0 aromatic heterocycles. The van der Waals surface area contributed by atoms with Crippen LogP contribution in [0.4, 0.5) is 5.69 Å². The second kappa shape index (κ2) is 9.31. The quantitative estimate of drug-likeness (QED) is 0.400. The first-order chi connectivity index (χ1) is 11.9. The molecule has 2 amide bonds. The zero-order valence-corrected chi connectivity index (χ0v) is 16.3. The lowest BCUT2D eigenvalue weighted by Crippen LogP contribution is -2.21. The topological polar surface area (TPSA) is 70.6 Å². The molecule has 0 bridgehead atoms. The highest BCUT2D eigenvalue weighted by Crippen LogP contribution is 2.11. The minimum atomic E-state index is -0.288. The summed E-state index contributed by atoms with van der Waals surface area (Å²) in [4.78, 5) is 23.7. The van der Waals surface area contributed by atoms with E-state index >= 15 is 0 Å². The van der Waals surface area contributed by atoms with Crippen LogP contribution in [0.3, 0.4) is 0 Å². The van der Waals surface area contributed by atoms with Crippen LogP contribution in [0.2, 0.25) is 0 Å². The highest BCUT2D eigenvalue weighted by Gasteiger charge is 2.07. The summed E-state index contributed by atoms with van der Waals surface area (Å²) in [6.07, 6.45) is 0.192. The van der Waals surface area contributed by atoms with E-state index in [4.69, 9.17) is 0 Å². The molecule has 6 heteroatoms. The number of hydrogen-bond donors (Lipinski definition) is 2. The van der Waals surface area contributed by atoms with E-state index in [2.05, 4.69) is 38.4 Å². The third-order valence-corrected chi connectivity index (χ3v) is 4.24. The molecule has 0 heterocycles. The fourth-order valence-electron chi connectivity index (χ4n) is 2.05. The van der Waals surface area contributed by atoms with Gasteiger partial charge in [0.15, 0.2) is 0 Å². The van der Waals surface area contributed by atoms with Crippen molar-refractivity contribution in [3.8, 4) is 0 Å². The summed E-state index contributed by atoms with van der Waals surface area (Å²) >= 11 is 2.20. The Hall–Kier alpha value is -2.22. The van der Waals surface area contributed by atoms with E-state index in [0.29, 0.717) is 0 Å². The molecule has 0 aliphatic heterocycles. The number of anilines is 1. The maximum atomic E-state index is 11.9. The Balaban J connectivity index is 1.77. The molecule has 0 aliphatic carbocycles. The van der Waals surface area contributed by atoms with Crippen molar-refractivity contribution in [1.29, 1.82) is 0 Å². The lowest BCUT2D eigenvalue weighted by molar-refractivity contribution is -0.124. The largest absolute Gasteiger partial charge is 0.326 e. The number of nitrogens with zero attached hydrogens (tertiary/aromatic N) is 1. The van der Waals surface area contributed by atoms with Gasteiger partial charge < -0.3 is 5.32 Å². The van der Waals surface area contributed by atoms with Crippen LogP contribution in [0.15, 0.2) is 53.6 Å². The number of carbonyl (C=O) groups is 2. The van der Waals surface area contributed by atoms with E-state index in [9.17, 15) is 9.59 Å². The highest BCUT2D eigenvalue weighted by molar-refractivity contribution is 14.1. The highest BCUT2D eigenvalue weighted by atomic mass is 127. The normalized spacial score (nSPS) is 11.1. The Kier molecular flexibility index (Phi) is 7.12. The van der Waals surface area contributed by atoms with Crippen molar-refractivity contribution in [2.45, 2.75) is 26.7 Å². The smallest absolute Gasteiger partial charge is 0.240 e. The number of aryl methyl sites for hydroxylation is 1. The van der Waals surface area contributed by atoms with Crippen molar-refractivity contribution in [1.82, 2.24) is 5.43 Å². The lowest BCUT2D eigenvalue weighted by Gasteiger charge is -2.05. The van der Waals surface area contributed by atoms with Gasteiger partial charge in [-0.2, -0.15) is 5.10 Å². The zero-order chi connectivity index (χ0) is 18.2. The first-order valence-corrected chi connectivity index (χ1v) is 8.97. The zero-order valence-electron chi connectivity index (χ0n) is 14.2. The molecule has 0 saturated heterocycles. The van der Waals surface area contributed by atoms with Gasteiger partial charge in [-0.25, -0.2) is 5.43 Å². The monoisotopic (exact) mass is 449 g/mol. The third-order valence-electron chi connectivity index (χ3n) is 3.52. The van der Waals surface area contributed by atoms with Crippen molar-refractivity contribution < 1.29 is 9.59 Å². The number of carbonyl (C=O) groups excluding carboxylic acids is 2. The van der Waals surface area contributed by atoms with Crippen LogP contribution in [-0.2, 0) is 9.59 Å². The molecule has 0 saturated carbocycles. The van der Waals surface area contributed by atoms with Crippen molar-refractivity contribution in [3.05, 3.63) is 63.2 Å². The Bertz CT molecular complexity index is 768. The molecule has 0 atom stereocenters. The number of nitrogens with one attached hydrogen (secondary N) is 2. The molecule has 5 nitrogen and oxygen atoms in total. The first kappa shape index (κ1) is 19.1. The van der Waals surface area contributed by atoms with E-state index < -0.39 is 0 Å². The molecule has 2 N–H and O–H groups in total. The number of hydrazone groups is 1. The number of hydrogen-bond acceptors (Lipinski definition) is 3.